The molecule has 3 heterocycles. The van der Waals surface area contributed by atoms with Gasteiger partial charge in [0, 0.05) is 24.7 Å². The lowest BCUT2D eigenvalue weighted by Gasteiger charge is -2.51. The number of methoxy groups -OCH3 is 2. The van der Waals surface area contributed by atoms with E-state index in [-0.39, 0.29) is 36.0 Å². The molecule has 0 saturated carbocycles. The maximum atomic E-state index is 13.7. The highest BCUT2D eigenvalue weighted by Crippen LogP contribution is 2.48. The highest BCUT2D eigenvalue weighted by molar-refractivity contribution is 5.84. The van der Waals surface area contributed by atoms with E-state index < -0.39 is 0 Å². The predicted molar refractivity (Wildman–Crippen MR) is 129 cm³/mol. The maximum absolute atomic E-state index is 13.7. The van der Waals surface area contributed by atoms with Gasteiger partial charge in [-0.05, 0) is 49.8 Å². The number of hydrogen-bond donors (Lipinski definition) is 1. The largest absolute Gasteiger partial charge is 0.493 e. The van der Waals surface area contributed by atoms with Crippen molar-refractivity contribution in [3.63, 3.8) is 0 Å². The van der Waals surface area contributed by atoms with Crippen LogP contribution in [0, 0.1) is 5.92 Å². The fourth-order valence-electron chi connectivity index (χ4n) is 6.06. The average Bonchev–Trinajstić information content (AvgIpc) is 2.88. The molecule has 0 aromatic heterocycles. The molecule has 3 aliphatic heterocycles. The summed E-state index contributed by atoms with van der Waals surface area (Å²) in [5.74, 6) is 1.38. The van der Waals surface area contributed by atoms with Crippen molar-refractivity contribution in [3.8, 4) is 11.5 Å². The van der Waals surface area contributed by atoms with Crippen LogP contribution in [0.2, 0.25) is 0 Å². The zero-order chi connectivity index (χ0) is 23.8. The average molecular weight is 464 g/mol. The smallest absolute Gasteiger partial charge is 0.318 e. The summed E-state index contributed by atoms with van der Waals surface area (Å²) in [6.07, 6.45) is 3.17. The van der Waals surface area contributed by atoms with E-state index in [1.54, 1.807) is 14.2 Å². The molecule has 180 valence electrons. The number of hydrogen-bond acceptors (Lipinski definition) is 4. The van der Waals surface area contributed by atoms with Gasteiger partial charge < -0.3 is 24.6 Å². The highest BCUT2D eigenvalue weighted by atomic mass is 16.5. The van der Waals surface area contributed by atoms with Crippen LogP contribution < -0.4 is 14.8 Å². The van der Waals surface area contributed by atoms with Gasteiger partial charge >= 0.3 is 6.03 Å². The zero-order valence-electron chi connectivity index (χ0n) is 20.1. The second-order valence-electron chi connectivity index (χ2n) is 9.50. The Bertz CT molecular complexity index is 1070. The van der Waals surface area contributed by atoms with Crippen molar-refractivity contribution < 1.29 is 19.1 Å². The minimum atomic E-state index is -0.152. The molecule has 3 aliphatic rings. The number of amides is 3. The Hall–Kier alpha value is -3.22. The van der Waals surface area contributed by atoms with Crippen molar-refractivity contribution in [2.75, 3.05) is 27.3 Å². The van der Waals surface area contributed by atoms with E-state index in [2.05, 4.69) is 11.4 Å². The van der Waals surface area contributed by atoms with Gasteiger partial charge in [-0.1, -0.05) is 36.4 Å². The van der Waals surface area contributed by atoms with Crippen molar-refractivity contribution in [2.45, 2.75) is 50.7 Å². The first-order chi connectivity index (χ1) is 16.5. The summed E-state index contributed by atoms with van der Waals surface area (Å²) in [5, 5.41) is 3.16. The molecule has 2 fully saturated rings. The Labute approximate surface area is 201 Å². The highest BCUT2D eigenvalue weighted by Gasteiger charge is 2.49. The first-order valence-corrected chi connectivity index (χ1v) is 12.2. The van der Waals surface area contributed by atoms with E-state index in [1.165, 1.54) is 5.56 Å². The van der Waals surface area contributed by atoms with Gasteiger partial charge in [-0.2, -0.15) is 0 Å². The quantitative estimate of drug-likeness (QED) is 0.742. The first-order valence-electron chi connectivity index (χ1n) is 12.2. The van der Waals surface area contributed by atoms with Crippen molar-refractivity contribution in [2.24, 2.45) is 5.92 Å². The van der Waals surface area contributed by atoms with E-state index in [0.29, 0.717) is 31.0 Å². The molecule has 2 aromatic rings. The third-order valence-corrected chi connectivity index (χ3v) is 7.75. The number of piperidine rings is 2. The minimum Gasteiger partial charge on any atom is -0.493 e. The molecule has 0 bridgehead atoms. The van der Waals surface area contributed by atoms with Gasteiger partial charge in [0.25, 0.3) is 0 Å². The maximum Gasteiger partial charge on any atom is 0.318 e. The number of fused-ring (bicyclic) bond motifs is 4. The minimum absolute atomic E-state index is 0.0963. The van der Waals surface area contributed by atoms with Crippen molar-refractivity contribution >= 4 is 11.9 Å². The lowest BCUT2D eigenvalue weighted by atomic mass is 9.76. The Kier molecular flexibility index (Phi) is 6.11. The van der Waals surface area contributed by atoms with Crippen LogP contribution in [-0.4, -0.2) is 55.1 Å². The third kappa shape index (κ3) is 3.77. The van der Waals surface area contributed by atoms with E-state index in [1.807, 2.05) is 53.1 Å². The normalized spacial score (nSPS) is 24.4. The van der Waals surface area contributed by atoms with Crippen LogP contribution in [-0.2, 0) is 11.2 Å². The molecule has 3 unspecified atom stereocenters. The van der Waals surface area contributed by atoms with Gasteiger partial charge in [0.2, 0.25) is 5.91 Å². The molecule has 7 heteroatoms. The summed E-state index contributed by atoms with van der Waals surface area (Å²) >= 11 is 0. The van der Waals surface area contributed by atoms with E-state index in [4.69, 9.17) is 9.47 Å². The Morgan fingerprint density at radius 2 is 1.88 bits per heavy atom. The molecular formula is C27H33N3O4. The third-order valence-electron chi connectivity index (χ3n) is 7.75. The topological polar surface area (TPSA) is 71.1 Å². The van der Waals surface area contributed by atoms with Crippen molar-refractivity contribution in [1.82, 2.24) is 15.1 Å². The number of benzene rings is 2. The van der Waals surface area contributed by atoms with Crippen LogP contribution >= 0.6 is 0 Å². The number of nitrogens with one attached hydrogen (secondary N) is 1. The second kappa shape index (κ2) is 9.20. The molecule has 2 saturated heterocycles. The van der Waals surface area contributed by atoms with Gasteiger partial charge in [0.1, 0.15) is 0 Å². The summed E-state index contributed by atoms with van der Waals surface area (Å²) < 4.78 is 11.3. The molecule has 7 nitrogen and oxygen atoms in total. The van der Waals surface area contributed by atoms with Crippen molar-refractivity contribution in [1.29, 1.82) is 0 Å². The zero-order valence-corrected chi connectivity index (χ0v) is 20.1. The molecule has 4 atom stereocenters. The van der Waals surface area contributed by atoms with Crippen LogP contribution in [0.3, 0.4) is 0 Å². The standard InChI is InChI=1S/C27H33N3O4/c1-17(18-8-5-4-6-9-18)28-27(32)30-14-7-10-20-21(30)16-22-24-19(13-15-29(22)26(20)31)11-12-23(33-2)25(24)34-3/h4-6,8-9,11-12,17,20-22H,7,10,13-16H2,1-3H3,(H,28,32)/t17-,20?,21?,22?/m1/s1. The van der Waals surface area contributed by atoms with Gasteiger partial charge in [0.05, 0.1) is 32.2 Å². The van der Waals surface area contributed by atoms with Crippen LogP contribution in [0.1, 0.15) is 55.0 Å². The molecular weight excluding hydrogens is 430 g/mol. The van der Waals surface area contributed by atoms with Crippen LogP contribution in [0.5, 0.6) is 11.5 Å². The fraction of sp³-hybridized carbons (Fsp3) is 0.481. The van der Waals surface area contributed by atoms with Crippen LogP contribution in [0.4, 0.5) is 4.79 Å². The summed E-state index contributed by atoms with van der Waals surface area (Å²) in [5.41, 5.74) is 3.28. The van der Waals surface area contributed by atoms with Gasteiger partial charge in [-0.25, -0.2) is 4.79 Å². The summed E-state index contributed by atoms with van der Waals surface area (Å²) in [4.78, 5) is 31.0. The van der Waals surface area contributed by atoms with E-state index in [0.717, 1.165) is 30.4 Å². The number of rotatable bonds is 4. The number of carbonyl (C=O) groups is 2. The monoisotopic (exact) mass is 463 g/mol. The first kappa shape index (κ1) is 22.6. The van der Waals surface area contributed by atoms with Crippen LogP contribution in [0.15, 0.2) is 42.5 Å². The molecule has 5 rings (SSSR count). The lowest BCUT2D eigenvalue weighted by molar-refractivity contribution is -0.148. The fourth-order valence-corrected chi connectivity index (χ4v) is 6.06. The molecule has 0 spiro atoms. The Morgan fingerprint density at radius 3 is 2.62 bits per heavy atom. The van der Waals surface area contributed by atoms with Crippen LogP contribution in [0.25, 0.3) is 0 Å². The molecule has 34 heavy (non-hydrogen) atoms. The van der Waals surface area contributed by atoms with Gasteiger partial charge in [0.15, 0.2) is 11.5 Å². The molecule has 0 radical (unpaired) electrons. The Balaban J connectivity index is 1.44. The number of urea groups is 1. The molecule has 2 aromatic carbocycles. The number of nitrogens with zero attached hydrogens (tertiary/aromatic N) is 2. The van der Waals surface area contributed by atoms with Crippen molar-refractivity contribution in [3.05, 3.63) is 59.2 Å². The summed E-state index contributed by atoms with van der Waals surface area (Å²) in [6, 6.07) is 13.5. The summed E-state index contributed by atoms with van der Waals surface area (Å²) in [7, 11) is 3.28. The van der Waals surface area contributed by atoms with E-state index >= 15 is 0 Å². The Morgan fingerprint density at radius 1 is 1.09 bits per heavy atom. The number of ether oxygens (including phenoxy) is 2. The SMILES string of the molecule is COc1ccc2c(c1OC)C1CC3C(CCCN3C(=O)N[C@H](C)c3ccccc3)C(=O)N1CC2. The number of carbonyl (C=O) groups excluding carboxylic acids is 2. The predicted octanol–water partition coefficient (Wildman–Crippen LogP) is 4.08. The van der Waals surface area contributed by atoms with Gasteiger partial charge in [-0.3, -0.25) is 4.79 Å². The molecule has 3 amide bonds. The van der Waals surface area contributed by atoms with Gasteiger partial charge in [-0.15, -0.1) is 0 Å². The number of likely N-dealkylation sites (tertiary alicyclic amines) is 1. The summed E-state index contributed by atoms with van der Waals surface area (Å²) in [6.45, 7) is 3.36. The molecule has 0 aliphatic carbocycles. The lowest BCUT2D eigenvalue weighted by Crippen LogP contribution is -2.61. The second-order valence-corrected chi connectivity index (χ2v) is 9.50. The molecule has 1 N–H and O–H groups in total. The van der Waals surface area contributed by atoms with E-state index in [9.17, 15) is 9.59 Å².